The van der Waals surface area contributed by atoms with E-state index in [2.05, 4.69) is 25.9 Å². The molecule has 2 aromatic heterocycles. The molecule has 3 amide bonds. The molecule has 0 bridgehead atoms. The summed E-state index contributed by atoms with van der Waals surface area (Å²) in [6, 6.07) is 8.09. The number of benzene rings is 1. The molecular formula is C17H17N5O4S. The minimum Gasteiger partial charge on any atom is -0.457 e. The Labute approximate surface area is 158 Å². The van der Waals surface area contributed by atoms with Crippen LogP contribution in [0, 0.1) is 0 Å². The highest BCUT2D eigenvalue weighted by molar-refractivity contribution is 7.22. The molecule has 9 nitrogen and oxygen atoms in total. The van der Waals surface area contributed by atoms with Crippen LogP contribution in [0.2, 0.25) is 0 Å². The Morgan fingerprint density at radius 1 is 1.22 bits per heavy atom. The number of carbonyl (C=O) groups excluding carboxylic acids is 2. The van der Waals surface area contributed by atoms with Crippen molar-refractivity contribution in [2.45, 2.75) is 0 Å². The van der Waals surface area contributed by atoms with Gasteiger partial charge in [-0.2, -0.15) is 0 Å². The average molecular weight is 387 g/mol. The molecule has 3 rings (SSSR count). The van der Waals surface area contributed by atoms with Crippen LogP contribution in [0.5, 0.6) is 11.5 Å². The third kappa shape index (κ3) is 4.68. The molecule has 0 fully saturated rings. The van der Waals surface area contributed by atoms with Crippen LogP contribution in [-0.4, -0.2) is 47.2 Å². The molecule has 0 unspecified atom stereocenters. The van der Waals surface area contributed by atoms with Crippen molar-refractivity contribution in [3.05, 3.63) is 42.2 Å². The van der Waals surface area contributed by atoms with Crippen LogP contribution in [0.1, 0.15) is 10.5 Å². The fraction of sp³-hybridized carbons (Fsp3) is 0.176. The molecule has 10 heteroatoms. The summed E-state index contributed by atoms with van der Waals surface area (Å²) in [5, 5.41) is 16.8. The number of ether oxygens (including phenoxy) is 1. The number of rotatable bonds is 6. The Bertz CT molecular complexity index is 975. The van der Waals surface area contributed by atoms with E-state index in [9.17, 15) is 9.59 Å². The number of pyridine rings is 1. The van der Waals surface area contributed by atoms with Crippen molar-refractivity contribution in [3.63, 3.8) is 0 Å². The summed E-state index contributed by atoms with van der Waals surface area (Å²) in [5.74, 6) is 0.749. The van der Waals surface area contributed by atoms with Crippen molar-refractivity contribution in [1.29, 1.82) is 0 Å². The lowest BCUT2D eigenvalue weighted by Gasteiger charge is -2.06. The standard InChI is InChI=1S/C17H17N5O4S/c1-18-15(24)13-8-11(4-5-19-13)26-10-2-3-12-14(9-10)27-17(21-12)22-16(25)20-6-7-23/h2-5,8-9,23H,6-7H2,1H3,(H,18,24)(H2,20,21,22,25). The first-order valence-corrected chi connectivity index (χ1v) is 8.83. The van der Waals surface area contributed by atoms with E-state index in [1.807, 2.05) is 0 Å². The number of aliphatic hydroxyl groups is 1. The van der Waals surface area contributed by atoms with Gasteiger partial charge in [0.1, 0.15) is 17.2 Å². The lowest BCUT2D eigenvalue weighted by molar-refractivity contribution is 0.0958. The van der Waals surface area contributed by atoms with E-state index in [1.165, 1.54) is 24.6 Å². The van der Waals surface area contributed by atoms with Gasteiger partial charge in [0.15, 0.2) is 5.13 Å². The number of nitrogens with one attached hydrogen (secondary N) is 3. The third-order valence-electron chi connectivity index (χ3n) is 3.40. The van der Waals surface area contributed by atoms with Gasteiger partial charge < -0.3 is 20.5 Å². The van der Waals surface area contributed by atoms with Crippen LogP contribution < -0.4 is 20.7 Å². The van der Waals surface area contributed by atoms with Crippen molar-refractivity contribution in [2.24, 2.45) is 0 Å². The second kappa shape index (κ2) is 8.43. The number of hydrogen-bond acceptors (Lipinski definition) is 7. The lowest BCUT2D eigenvalue weighted by Crippen LogP contribution is -2.30. The fourth-order valence-electron chi connectivity index (χ4n) is 2.20. The van der Waals surface area contributed by atoms with Crippen molar-refractivity contribution < 1.29 is 19.4 Å². The molecule has 0 aliphatic heterocycles. The Balaban J connectivity index is 1.75. The van der Waals surface area contributed by atoms with E-state index in [0.29, 0.717) is 22.1 Å². The molecule has 0 saturated heterocycles. The molecule has 140 valence electrons. The normalized spacial score (nSPS) is 10.4. The maximum Gasteiger partial charge on any atom is 0.321 e. The molecule has 0 spiro atoms. The SMILES string of the molecule is CNC(=O)c1cc(Oc2ccc3nc(NC(=O)NCCO)sc3c2)ccn1. The molecule has 0 aliphatic carbocycles. The second-order valence-corrected chi connectivity index (χ2v) is 6.34. The van der Waals surface area contributed by atoms with E-state index in [1.54, 1.807) is 30.3 Å². The summed E-state index contributed by atoms with van der Waals surface area (Å²) < 4.78 is 6.62. The minimum absolute atomic E-state index is 0.134. The number of carbonyl (C=O) groups is 2. The van der Waals surface area contributed by atoms with E-state index in [-0.39, 0.29) is 24.8 Å². The first kappa shape index (κ1) is 18.5. The molecule has 3 aromatic rings. The van der Waals surface area contributed by atoms with Gasteiger partial charge >= 0.3 is 6.03 Å². The summed E-state index contributed by atoms with van der Waals surface area (Å²) in [6.45, 7) is 0.0310. The average Bonchev–Trinajstić information content (AvgIpc) is 3.07. The highest BCUT2D eigenvalue weighted by Crippen LogP contribution is 2.31. The first-order valence-electron chi connectivity index (χ1n) is 8.01. The van der Waals surface area contributed by atoms with E-state index in [0.717, 1.165) is 4.70 Å². The number of aliphatic hydroxyl groups excluding tert-OH is 1. The number of fused-ring (bicyclic) bond motifs is 1. The topological polar surface area (TPSA) is 125 Å². The van der Waals surface area contributed by atoms with E-state index < -0.39 is 6.03 Å². The zero-order chi connectivity index (χ0) is 19.2. The summed E-state index contributed by atoms with van der Waals surface area (Å²) in [7, 11) is 1.53. The summed E-state index contributed by atoms with van der Waals surface area (Å²) in [6.07, 6.45) is 1.50. The lowest BCUT2D eigenvalue weighted by atomic mass is 10.3. The molecule has 27 heavy (non-hydrogen) atoms. The third-order valence-corrected chi connectivity index (χ3v) is 4.34. The largest absolute Gasteiger partial charge is 0.457 e. The van der Waals surface area contributed by atoms with Crippen LogP contribution in [0.3, 0.4) is 0 Å². The monoisotopic (exact) mass is 387 g/mol. The Kier molecular flexibility index (Phi) is 5.79. The second-order valence-electron chi connectivity index (χ2n) is 5.31. The van der Waals surface area contributed by atoms with Gasteiger partial charge in [0.25, 0.3) is 5.91 Å². The number of urea groups is 1. The number of nitrogens with zero attached hydrogens (tertiary/aromatic N) is 2. The smallest absolute Gasteiger partial charge is 0.321 e. The van der Waals surface area contributed by atoms with E-state index >= 15 is 0 Å². The van der Waals surface area contributed by atoms with Gasteiger partial charge in [-0.3, -0.25) is 15.1 Å². The van der Waals surface area contributed by atoms with Crippen molar-refractivity contribution in [2.75, 3.05) is 25.5 Å². The minimum atomic E-state index is -0.432. The summed E-state index contributed by atoms with van der Waals surface area (Å²) in [5.41, 5.74) is 0.972. The summed E-state index contributed by atoms with van der Waals surface area (Å²) >= 11 is 1.29. The predicted molar refractivity (Wildman–Crippen MR) is 101 cm³/mol. The first-order chi connectivity index (χ1) is 13.1. The summed E-state index contributed by atoms with van der Waals surface area (Å²) in [4.78, 5) is 31.6. The van der Waals surface area contributed by atoms with Crippen LogP contribution in [0.25, 0.3) is 10.2 Å². The molecular weight excluding hydrogens is 370 g/mol. The van der Waals surface area contributed by atoms with Gasteiger partial charge in [0.2, 0.25) is 0 Å². The molecule has 0 radical (unpaired) electrons. The molecule has 1 aromatic carbocycles. The van der Waals surface area contributed by atoms with Gasteiger partial charge in [-0.25, -0.2) is 9.78 Å². The van der Waals surface area contributed by atoms with Crippen LogP contribution in [0.15, 0.2) is 36.5 Å². The van der Waals surface area contributed by atoms with Crippen molar-refractivity contribution in [3.8, 4) is 11.5 Å². The Morgan fingerprint density at radius 3 is 2.81 bits per heavy atom. The van der Waals surface area contributed by atoms with Gasteiger partial charge in [0, 0.05) is 31.9 Å². The highest BCUT2D eigenvalue weighted by Gasteiger charge is 2.10. The molecule has 0 aliphatic rings. The van der Waals surface area contributed by atoms with Crippen LogP contribution in [-0.2, 0) is 0 Å². The number of aromatic nitrogens is 2. The zero-order valence-electron chi connectivity index (χ0n) is 14.4. The van der Waals surface area contributed by atoms with Crippen LogP contribution >= 0.6 is 11.3 Å². The zero-order valence-corrected chi connectivity index (χ0v) is 15.2. The number of anilines is 1. The van der Waals surface area contributed by atoms with E-state index in [4.69, 9.17) is 9.84 Å². The highest BCUT2D eigenvalue weighted by atomic mass is 32.1. The molecule has 4 N–H and O–H groups in total. The van der Waals surface area contributed by atoms with Gasteiger partial charge in [0.05, 0.1) is 16.8 Å². The van der Waals surface area contributed by atoms with Gasteiger partial charge in [-0.15, -0.1) is 0 Å². The van der Waals surface area contributed by atoms with Crippen LogP contribution in [0.4, 0.5) is 9.93 Å². The van der Waals surface area contributed by atoms with Gasteiger partial charge in [-0.05, 0) is 18.2 Å². The molecule has 0 atom stereocenters. The maximum absolute atomic E-state index is 11.7. The quantitative estimate of drug-likeness (QED) is 0.512. The number of hydrogen-bond donors (Lipinski definition) is 4. The molecule has 2 heterocycles. The van der Waals surface area contributed by atoms with Gasteiger partial charge in [-0.1, -0.05) is 11.3 Å². The number of amides is 3. The Hall–Kier alpha value is -3.24. The Morgan fingerprint density at radius 2 is 2.04 bits per heavy atom. The predicted octanol–water partition coefficient (Wildman–Crippen LogP) is 1.96. The van der Waals surface area contributed by atoms with Crippen molar-refractivity contribution in [1.82, 2.24) is 20.6 Å². The maximum atomic E-state index is 11.7. The molecule has 0 saturated carbocycles. The number of thiazole rings is 1. The van der Waals surface area contributed by atoms with Crippen molar-refractivity contribution >= 4 is 38.6 Å². The fourth-order valence-corrected chi connectivity index (χ4v) is 3.08.